The van der Waals surface area contributed by atoms with E-state index in [1.807, 2.05) is 36.7 Å². The maximum Gasteiger partial charge on any atom is 0.216 e. The van der Waals surface area contributed by atoms with Gasteiger partial charge in [0.2, 0.25) is 5.71 Å². The first-order valence-corrected chi connectivity index (χ1v) is 17.9. The number of hydrogen-bond acceptors (Lipinski definition) is 4. The van der Waals surface area contributed by atoms with Crippen LogP contribution >= 0.6 is 0 Å². The molecule has 4 aromatic heterocycles. The molecule has 0 saturated carbocycles. The normalized spacial score (nSPS) is 11.2. The third kappa shape index (κ3) is 8.54. The van der Waals surface area contributed by atoms with Gasteiger partial charge in [0.1, 0.15) is 0 Å². The van der Waals surface area contributed by atoms with Crippen molar-refractivity contribution in [2.24, 2.45) is 0 Å². The summed E-state index contributed by atoms with van der Waals surface area (Å²) in [6.07, 6.45) is 5.73. The molecule has 53 heavy (non-hydrogen) atoms. The van der Waals surface area contributed by atoms with Gasteiger partial charge in [0.15, 0.2) is 0 Å². The predicted octanol–water partition coefficient (Wildman–Crippen LogP) is 12.1. The molecule has 0 aliphatic carbocycles. The van der Waals surface area contributed by atoms with Crippen LogP contribution in [0.2, 0.25) is 0 Å². The predicted molar refractivity (Wildman–Crippen MR) is 214 cm³/mol. The van der Waals surface area contributed by atoms with Gasteiger partial charge in [-0.05, 0) is 77.9 Å². The molecule has 0 aliphatic heterocycles. The van der Waals surface area contributed by atoms with Crippen molar-refractivity contribution in [1.29, 1.82) is 0 Å². The second kappa shape index (κ2) is 16.2. The van der Waals surface area contributed by atoms with E-state index in [9.17, 15) is 0 Å². The van der Waals surface area contributed by atoms with Crippen molar-refractivity contribution in [3.8, 4) is 33.6 Å². The Bertz CT molecular complexity index is 2460. The Morgan fingerprint density at radius 2 is 1.40 bits per heavy atom. The summed E-state index contributed by atoms with van der Waals surface area (Å²) >= 11 is 0. The van der Waals surface area contributed by atoms with Crippen molar-refractivity contribution in [3.63, 3.8) is 0 Å². The molecule has 267 valence electrons. The Labute approximate surface area is 326 Å². The number of rotatable bonds is 6. The van der Waals surface area contributed by atoms with Gasteiger partial charge in [0.05, 0.1) is 5.58 Å². The SMILES string of the molecule is Cc1c[c-]c(-c2ccc(C(C)(C)C)cn2)cc1-c1ccccc1.Cc1cnc(-c2[c-]ccc3c2oc2nc(CCc4ccccc4)ccc23)cc1C.[Ir]. The van der Waals surface area contributed by atoms with Crippen LogP contribution < -0.4 is 0 Å². The van der Waals surface area contributed by atoms with Crippen molar-refractivity contribution in [2.45, 2.75) is 59.8 Å². The summed E-state index contributed by atoms with van der Waals surface area (Å²) in [5.41, 5.74) is 15.0. The number of aryl methyl sites for hydroxylation is 5. The molecule has 0 bridgehead atoms. The van der Waals surface area contributed by atoms with E-state index in [1.165, 1.54) is 38.9 Å². The molecule has 0 spiro atoms. The van der Waals surface area contributed by atoms with Crippen molar-refractivity contribution in [1.82, 2.24) is 15.0 Å². The van der Waals surface area contributed by atoms with Gasteiger partial charge in [-0.2, -0.15) is 0 Å². The van der Waals surface area contributed by atoms with Gasteiger partial charge in [0.25, 0.3) is 0 Å². The second-order valence-corrected chi connectivity index (χ2v) is 14.5. The number of aromatic nitrogens is 3. The van der Waals surface area contributed by atoms with Crippen molar-refractivity contribution in [2.75, 3.05) is 0 Å². The average molecular weight is 870 g/mol. The van der Waals surface area contributed by atoms with E-state index in [0.29, 0.717) is 5.71 Å². The van der Waals surface area contributed by atoms with Crippen LogP contribution in [0.15, 0.2) is 132 Å². The third-order valence-electron chi connectivity index (χ3n) is 9.65. The van der Waals surface area contributed by atoms with Gasteiger partial charge < -0.3 is 14.4 Å². The average Bonchev–Trinajstić information content (AvgIpc) is 3.54. The number of fused-ring (bicyclic) bond motifs is 3. The number of pyridine rings is 3. The van der Waals surface area contributed by atoms with Gasteiger partial charge in [-0.1, -0.05) is 129 Å². The topological polar surface area (TPSA) is 51.8 Å². The smallest absolute Gasteiger partial charge is 0.216 e. The zero-order valence-electron chi connectivity index (χ0n) is 31.1. The largest absolute Gasteiger partial charge is 0.486 e. The molecule has 0 N–H and O–H groups in total. The van der Waals surface area contributed by atoms with Crippen molar-refractivity contribution >= 4 is 22.1 Å². The van der Waals surface area contributed by atoms with Gasteiger partial charge in [-0.25, -0.2) is 4.98 Å². The molecule has 0 saturated heterocycles. The van der Waals surface area contributed by atoms with Crippen LogP contribution in [0, 0.1) is 32.9 Å². The summed E-state index contributed by atoms with van der Waals surface area (Å²) in [6.45, 7) is 12.9. The first-order valence-electron chi connectivity index (χ1n) is 17.9. The van der Waals surface area contributed by atoms with E-state index in [2.05, 4.69) is 155 Å². The molecule has 8 aromatic rings. The molecular formula is C48H43IrN3O-2. The standard InChI is InChI=1S/C26H21N2O.C22H22N.Ir/c1-17-15-24(27-16-18(17)2)23-10-6-9-21-22-14-13-20(28-26(22)29-25(21)23)12-11-19-7-4-3-5-8-19;1-16-10-11-18(14-20(16)17-8-6-5-7-9-17)21-13-12-19(15-23-21)22(2,3)4;/h3-9,13-16H,11-12H2,1-2H3;5-10,12-15H,1-4H3;/q2*-1;. The quantitative estimate of drug-likeness (QED) is 0.156. The summed E-state index contributed by atoms with van der Waals surface area (Å²) in [5, 5.41) is 2.08. The van der Waals surface area contributed by atoms with E-state index in [1.54, 1.807) is 0 Å². The van der Waals surface area contributed by atoms with Gasteiger partial charge in [0, 0.05) is 43.6 Å². The molecule has 0 unspecified atom stereocenters. The summed E-state index contributed by atoms with van der Waals surface area (Å²) < 4.78 is 6.22. The van der Waals surface area contributed by atoms with Crippen LogP contribution in [0.3, 0.4) is 0 Å². The minimum Gasteiger partial charge on any atom is -0.486 e. The molecular weight excluding hydrogens is 827 g/mol. The monoisotopic (exact) mass is 870 g/mol. The van der Waals surface area contributed by atoms with Crippen LogP contribution in [0.4, 0.5) is 0 Å². The Balaban J connectivity index is 0.000000183. The Hall–Kier alpha value is -5.22. The molecule has 8 rings (SSSR count). The number of hydrogen-bond donors (Lipinski definition) is 0. The molecule has 0 amide bonds. The van der Waals surface area contributed by atoms with Crippen molar-refractivity contribution in [3.05, 3.63) is 173 Å². The number of nitrogens with zero attached hydrogens (tertiary/aromatic N) is 3. The van der Waals surface area contributed by atoms with E-state index in [-0.39, 0.29) is 25.5 Å². The Kier molecular flexibility index (Phi) is 11.5. The zero-order valence-corrected chi connectivity index (χ0v) is 33.5. The van der Waals surface area contributed by atoms with E-state index >= 15 is 0 Å². The molecule has 4 heterocycles. The first-order chi connectivity index (χ1) is 25.1. The fourth-order valence-corrected chi connectivity index (χ4v) is 6.31. The van der Waals surface area contributed by atoms with Crippen molar-refractivity contribution < 1.29 is 24.5 Å². The fraction of sp³-hybridized carbons (Fsp3) is 0.188. The minimum absolute atomic E-state index is 0. The Morgan fingerprint density at radius 1 is 0.660 bits per heavy atom. The molecule has 4 nitrogen and oxygen atoms in total. The van der Waals surface area contributed by atoms with Crippen LogP contribution in [-0.2, 0) is 38.4 Å². The van der Waals surface area contributed by atoms with Gasteiger partial charge >= 0.3 is 0 Å². The maximum absolute atomic E-state index is 6.22. The summed E-state index contributed by atoms with van der Waals surface area (Å²) in [5.74, 6) is 0. The molecule has 4 aromatic carbocycles. The van der Waals surface area contributed by atoms with E-state index < -0.39 is 0 Å². The molecule has 0 aliphatic rings. The first kappa shape index (κ1) is 37.5. The maximum atomic E-state index is 6.22. The zero-order chi connectivity index (χ0) is 36.2. The van der Waals surface area contributed by atoms with Crippen LogP contribution in [0.5, 0.6) is 0 Å². The fourth-order valence-electron chi connectivity index (χ4n) is 6.31. The van der Waals surface area contributed by atoms with E-state index in [0.717, 1.165) is 57.4 Å². The molecule has 0 atom stereocenters. The molecule has 0 fully saturated rings. The van der Waals surface area contributed by atoms with Crippen LogP contribution in [-0.4, -0.2) is 15.0 Å². The second-order valence-electron chi connectivity index (χ2n) is 14.5. The Morgan fingerprint density at radius 3 is 2.09 bits per heavy atom. The van der Waals surface area contributed by atoms with Crippen LogP contribution in [0.25, 0.3) is 55.7 Å². The summed E-state index contributed by atoms with van der Waals surface area (Å²) in [7, 11) is 0. The van der Waals surface area contributed by atoms with Gasteiger partial charge in [-0.3, -0.25) is 0 Å². The molecule has 5 heteroatoms. The number of benzene rings is 4. The summed E-state index contributed by atoms with van der Waals surface area (Å²) in [4.78, 5) is 14.0. The van der Waals surface area contributed by atoms with Gasteiger partial charge in [-0.15, -0.1) is 47.5 Å². The third-order valence-corrected chi connectivity index (χ3v) is 9.65. The number of furan rings is 1. The van der Waals surface area contributed by atoms with E-state index in [4.69, 9.17) is 9.40 Å². The molecule has 1 radical (unpaired) electrons. The summed E-state index contributed by atoms with van der Waals surface area (Å²) in [6, 6.07) is 46.4. The van der Waals surface area contributed by atoms with Crippen LogP contribution in [0.1, 0.15) is 54.3 Å². The minimum atomic E-state index is 0.